The van der Waals surface area contributed by atoms with Crippen molar-refractivity contribution in [3.8, 4) is 5.75 Å². The van der Waals surface area contributed by atoms with E-state index in [0.29, 0.717) is 16.3 Å². The van der Waals surface area contributed by atoms with Gasteiger partial charge in [-0.15, -0.1) is 0 Å². The van der Waals surface area contributed by atoms with Gasteiger partial charge in [-0.2, -0.15) is 0 Å². The number of hydrogen-bond donors (Lipinski definition) is 2. The van der Waals surface area contributed by atoms with Crippen LogP contribution in [0.15, 0.2) is 40.9 Å². The summed E-state index contributed by atoms with van der Waals surface area (Å²) in [5.41, 5.74) is 1.99. The largest absolute Gasteiger partial charge is 0.496 e. The molecule has 0 spiro atoms. The highest BCUT2D eigenvalue weighted by atomic mass is 79.9. The maximum absolute atomic E-state index is 12.4. The van der Waals surface area contributed by atoms with Gasteiger partial charge < -0.3 is 10.1 Å². The fourth-order valence-electron chi connectivity index (χ4n) is 2.04. The Balaban J connectivity index is 2.12. The van der Waals surface area contributed by atoms with Gasteiger partial charge in [0.05, 0.1) is 12.7 Å². The molecule has 0 aliphatic heterocycles. The molecule has 2 N–H and O–H groups in total. The third-order valence-electron chi connectivity index (χ3n) is 3.02. The predicted molar refractivity (Wildman–Crippen MR) is 101 cm³/mol. The molecule has 0 radical (unpaired) electrons. The summed E-state index contributed by atoms with van der Waals surface area (Å²) in [5, 5.41) is 6.38. The van der Waals surface area contributed by atoms with Crippen molar-refractivity contribution < 1.29 is 9.53 Å². The number of aryl methyl sites for hydroxylation is 1. The molecule has 4 nitrogen and oxygen atoms in total. The van der Waals surface area contributed by atoms with Crippen molar-refractivity contribution in [1.82, 2.24) is 5.32 Å². The molecule has 0 saturated carbocycles. The highest BCUT2D eigenvalue weighted by Crippen LogP contribution is 2.27. The summed E-state index contributed by atoms with van der Waals surface area (Å²) in [6, 6.07) is 10.6. The lowest BCUT2D eigenvalue weighted by Crippen LogP contribution is -2.34. The van der Waals surface area contributed by atoms with Gasteiger partial charge in [0.2, 0.25) is 0 Å². The molecule has 0 aliphatic carbocycles. The average Bonchev–Trinajstić information content (AvgIpc) is 2.48. The predicted octanol–water partition coefficient (Wildman–Crippen LogP) is 4.55. The second-order valence-corrected chi connectivity index (χ2v) is 6.48. The van der Waals surface area contributed by atoms with Crippen LogP contribution in [0.2, 0.25) is 5.02 Å². The van der Waals surface area contributed by atoms with E-state index in [-0.39, 0.29) is 11.0 Å². The fraction of sp³-hybridized carbons (Fsp3) is 0.125. The third kappa shape index (κ3) is 4.67. The number of methoxy groups -OCH3 is 1. The molecule has 0 bridgehead atoms. The number of ether oxygens (including phenoxy) is 1. The van der Waals surface area contributed by atoms with Crippen LogP contribution in [-0.2, 0) is 0 Å². The maximum atomic E-state index is 12.4. The zero-order chi connectivity index (χ0) is 17.0. The van der Waals surface area contributed by atoms with Crippen LogP contribution in [0.5, 0.6) is 5.75 Å². The van der Waals surface area contributed by atoms with E-state index in [1.165, 1.54) is 7.11 Å². The summed E-state index contributed by atoms with van der Waals surface area (Å²) in [7, 11) is 1.53. The van der Waals surface area contributed by atoms with Crippen molar-refractivity contribution in [2.24, 2.45) is 0 Å². The molecule has 2 aromatic carbocycles. The van der Waals surface area contributed by atoms with E-state index in [1.807, 2.05) is 13.0 Å². The quantitative estimate of drug-likeness (QED) is 0.725. The molecule has 7 heteroatoms. The number of thiocarbonyl (C=S) groups is 1. The van der Waals surface area contributed by atoms with Crippen LogP contribution in [-0.4, -0.2) is 18.1 Å². The van der Waals surface area contributed by atoms with Crippen LogP contribution < -0.4 is 15.4 Å². The first-order valence-electron chi connectivity index (χ1n) is 6.62. The second-order valence-electron chi connectivity index (χ2n) is 4.72. The first-order valence-corrected chi connectivity index (χ1v) is 8.20. The van der Waals surface area contributed by atoms with Crippen LogP contribution >= 0.6 is 39.7 Å². The summed E-state index contributed by atoms with van der Waals surface area (Å²) >= 11 is 14.4. The van der Waals surface area contributed by atoms with E-state index in [4.69, 9.17) is 28.6 Å². The lowest BCUT2D eigenvalue weighted by atomic mass is 10.1. The van der Waals surface area contributed by atoms with Gasteiger partial charge in [-0.25, -0.2) is 0 Å². The number of amides is 1. The number of halogens is 2. The highest BCUT2D eigenvalue weighted by Gasteiger charge is 2.16. The standard InChI is InChI=1S/C16H14BrClN2O2S/c1-9-7-10(17)8-13(14(9)22-2)15(21)20-16(23)19-12-5-3-11(18)4-6-12/h3-8H,1-2H3,(H2,19,20,21,23). The molecule has 2 aromatic rings. The van der Waals surface area contributed by atoms with Crippen LogP contribution in [0.4, 0.5) is 5.69 Å². The molecular formula is C16H14BrClN2O2S. The maximum Gasteiger partial charge on any atom is 0.261 e. The summed E-state index contributed by atoms with van der Waals surface area (Å²) < 4.78 is 6.09. The number of carbonyl (C=O) groups is 1. The molecule has 0 fully saturated rings. The van der Waals surface area contributed by atoms with Crippen molar-refractivity contribution in [3.63, 3.8) is 0 Å². The van der Waals surface area contributed by atoms with Crippen molar-refractivity contribution in [2.45, 2.75) is 6.92 Å². The smallest absolute Gasteiger partial charge is 0.261 e. The molecule has 0 aliphatic rings. The van der Waals surface area contributed by atoms with E-state index in [2.05, 4.69) is 26.6 Å². The molecular weight excluding hydrogens is 400 g/mol. The highest BCUT2D eigenvalue weighted by molar-refractivity contribution is 9.10. The Bertz CT molecular complexity index is 750. The number of carbonyl (C=O) groups excluding carboxylic acids is 1. The minimum atomic E-state index is -0.349. The first-order chi connectivity index (χ1) is 10.9. The number of benzene rings is 2. The first kappa shape index (κ1) is 17.7. The van der Waals surface area contributed by atoms with Gasteiger partial charge in [-0.3, -0.25) is 10.1 Å². The van der Waals surface area contributed by atoms with Gasteiger partial charge in [0.25, 0.3) is 5.91 Å². The summed E-state index contributed by atoms with van der Waals surface area (Å²) in [5.74, 6) is 0.165. The minimum Gasteiger partial charge on any atom is -0.496 e. The Labute approximate surface area is 153 Å². The van der Waals surface area contributed by atoms with Gasteiger partial charge in [-0.05, 0) is 61.1 Å². The number of rotatable bonds is 3. The second kappa shape index (κ2) is 7.77. The van der Waals surface area contributed by atoms with Gasteiger partial charge >= 0.3 is 0 Å². The lowest BCUT2D eigenvalue weighted by Gasteiger charge is -2.13. The van der Waals surface area contributed by atoms with E-state index in [9.17, 15) is 4.79 Å². The van der Waals surface area contributed by atoms with Crippen LogP contribution in [0.3, 0.4) is 0 Å². The minimum absolute atomic E-state index is 0.192. The van der Waals surface area contributed by atoms with E-state index in [0.717, 1.165) is 15.7 Å². The number of hydrogen-bond acceptors (Lipinski definition) is 3. The average molecular weight is 414 g/mol. The Morgan fingerprint density at radius 2 is 1.91 bits per heavy atom. The molecule has 0 atom stereocenters. The number of anilines is 1. The van der Waals surface area contributed by atoms with E-state index < -0.39 is 0 Å². The van der Waals surface area contributed by atoms with Crippen molar-refractivity contribution in [3.05, 3.63) is 57.0 Å². The third-order valence-corrected chi connectivity index (χ3v) is 3.93. The van der Waals surface area contributed by atoms with Crippen LogP contribution in [0.25, 0.3) is 0 Å². The molecule has 0 unspecified atom stereocenters. The molecule has 0 aromatic heterocycles. The molecule has 120 valence electrons. The van der Waals surface area contributed by atoms with E-state index >= 15 is 0 Å². The Morgan fingerprint density at radius 1 is 1.26 bits per heavy atom. The normalized spacial score (nSPS) is 10.1. The van der Waals surface area contributed by atoms with Gasteiger partial charge in [0.15, 0.2) is 5.11 Å². The Kier molecular flexibility index (Phi) is 5.98. The molecule has 0 heterocycles. The fourth-order valence-corrected chi connectivity index (χ4v) is 2.94. The molecule has 0 saturated heterocycles. The monoisotopic (exact) mass is 412 g/mol. The van der Waals surface area contributed by atoms with Crippen molar-refractivity contribution >= 4 is 56.5 Å². The lowest BCUT2D eigenvalue weighted by molar-refractivity contribution is 0.0974. The van der Waals surface area contributed by atoms with Gasteiger partial charge in [0, 0.05) is 15.2 Å². The summed E-state index contributed by atoms with van der Waals surface area (Å²) in [6.07, 6.45) is 0. The summed E-state index contributed by atoms with van der Waals surface area (Å²) in [6.45, 7) is 1.87. The van der Waals surface area contributed by atoms with Gasteiger partial charge in [-0.1, -0.05) is 27.5 Å². The molecule has 23 heavy (non-hydrogen) atoms. The van der Waals surface area contributed by atoms with E-state index in [1.54, 1.807) is 30.3 Å². The van der Waals surface area contributed by atoms with Crippen LogP contribution in [0.1, 0.15) is 15.9 Å². The van der Waals surface area contributed by atoms with Crippen molar-refractivity contribution in [2.75, 3.05) is 12.4 Å². The van der Waals surface area contributed by atoms with Crippen molar-refractivity contribution in [1.29, 1.82) is 0 Å². The Hall–Kier alpha value is -1.63. The number of nitrogens with one attached hydrogen (secondary N) is 2. The molecule has 2 rings (SSSR count). The molecule has 1 amide bonds. The summed E-state index contributed by atoms with van der Waals surface area (Å²) in [4.78, 5) is 12.4. The zero-order valence-corrected chi connectivity index (χ0v) is 15.6. The topological polar surface area (TPSA) is 50.4 Å². The van der Waals surface area contributed by atoms with Gasteiger partial charge in [0.1, 0.15) is 5.75 Å². The van der Waals surface area contributed by atoms with Crippen LogP contribution in [0, 0.1) is 6.92 Å². The SMILES string of the molecule is COc1c(C)cc(Br)cc1C(=O)NC(=S)Nc1ccc(Cl)cc1. The Morgan fingerprint density at radius 3 is 2.52 bits per heavy atom. The zero-order valence-electron chi connectivity index (χ0n) is 12.4.